The predicted octanol–water partition coefficient (Wildman–Crippen LogP) is 5.09. The minimum Gasteiger partial charge on any atom is -0.496 e. The third-order valence-electron chi connectivity index (χ3n) is 5.06. The molecule has 1 fully saturated rings. The Labute approximate surface area is 158 Å². The molecule has 1 heterocycles. The third-order valence-corrected chi connectivity index (χ3v) is 5.06. The largest absolute Gasteiger partial charge is 0.496 e. The quantitative estimate of drug-likeness (QED) is 0.648. The third kappa shape index (κ3) is 3.31. The van der Waals surface area contributed by atoms with Crippen molar-refractivity contribution in [2.24, 2.45) is 0 Å². The molecule has 0 aromatic heterocycles. The van der Waals surface area contributed by atoms with Gasteiger partial charge in [-0.25, -0.2) is 4.39 Å². The molecule has 0 radical (unpaired) electrons. The van der Waals surface area contributed by atoms with Crippen molar-refractivity contribution in [1.82, 2.24) is 4.90 Å². The number of para-hydroxylation sites is 1. The van der Waals surface area contributed by atoms with E-state index in [1.807, 2.05) is 53.4 Å². The first-order chi connectivity index (χ1) is 13.2. The molecule has 4 rings (SSSR count). The second kappa shape index (κ2) is 7.23. The van der Waals surface area contributed by atoms with Crippen molar-refractivity contribution in [3.05, 3.63) is 89.7 Å². The number of rotatable bonds is 4. The second-order valence-electron chi connectivity index (χ2n) is 6.64. The van der Waals surface area contributed by atoms with Crippen LogP contribution in [0.25, 0.3) is 11.1 Å². The summed E-state index contributed by atoms with van der Waals surface area (Å²) >= 11 is 0. The Bertz CT molecular complexity index is 968. The maximum absolute atomic E-state index is 13.2. The lowest BCUT2D eigenvalue weighted by molar-refractivity contribution is 0.0460. The van der Waals surface area contributed by atoms with Gasteiger partial charge in [0, 0.05) is 17.7 Å². The van der Waals surface area contributed by atoms with Gasteiger partial charge in [0.05, 0.1) is 13.2 Å². The van der Waals surface area contributed by atoms with Crippen molar-refractivity contribution < 1.29 is 13.9 Å². The minimum absolute atomic E-state index is 0.00711. The molecule has 1 aliphatic heterocycles. The smallest absolute Gasteiger partial charge is 0.254 e. The summed E-state index contributed by atoms with van der Waals surface area (Å²) in [6.07, 6.45) is 0.892. The molecule has 0 bridgehead atoms. The van der Waals surface area contributed by atoms with E-state index in [1.54, 1.807) is 19.2 Å². The highest BCUT2D eigenvalue weighted by Gasteiger charge is 2.33. The van der Waals surface area contributed by atoms with Gasteiger partial charge in [-0.1, -0.05) is 42.5 Å². The van der Waals surface area contributed by atoms with Crippen LogP contribution >= 0.6 is 0 Å². The molecule has 1 saturated heterocycles. The van der Waals surface area contributed by atoms with Crippen LogP contribution in [0.3, 0.4) is 0 Å². The summed E-state index contributed by atoms with van der Waals surface area (Å²) in [7, 11) is 1.64. The first-order valence-electron chi connectivity index (χ1n) is 8.97. The fraction of sp³-hybridized carbons (Fsp3) is 0.174. The number of carbonyl (C=O) groups is 1. The van der Waals surface area contributed by atoms with Crippen LogP contribution in [-0.4, -0.2) is 24.5 Å². The Morgan fingerprint density at radius 1 is 1.04 bits per heavy atom. The Kier molecular flexibility index (Phi) is 4.63. The number of ether oxygens (including phenoxy) is 1. The zero-order valence-electron chi connectivity index (χ0n) is 15.1. The van der Waals surface area contributed by atoms with Crippen molar-refractivity contribution in [3.63, 3.8) is 0 Å². The molecule has 1 amide bonds. The molecule has 27 heavy (non-hydrogen) atoms. The average molecular weight is 361 g/mol. The number of hydrogen-bond donors (Lipinski definition) is 0. The SMILES string of the molecule is COc1ccccc1-c1cccc(C(=O)N2CC[C@H]2c2ccc(F)cc2)c1. The molecule has 0 aliphatic carbocycles. The number of hydrogen-bond acceptors (Lipinski definition) is 2. The van der Waals surface area contributed by atoms with Crippen LogP contribution in [0, 0.1) is 5.82 Å². The van der Waals surface area contributed by atoms with Crippen LogP contribution in [0.4, 0.5) is 4.39 Å². The van der Waals surface area contributed by atoms with Crippen molar-refractivity contribution >= 4 is 5.91 Å². The Balaban J connectivity index is 1.60. The molecule has 3 aromatic rings. The summed E-state index contributed by atoms with van der Waals surface area (Å²) in [5.41, 5.74) is 3.51. The number of carbonyl (C=O) groups excluding carboxylic acids is 1. The minimum atomic E-state index is -0.263. The molecule has 3 nitrogen and oxygen atoms in total. The standard InChI is InChI=1S/C23H20FNO2/c1-27-22-8-3-2-7-20(22)17-5-4-6-18(15-17)23(26)25-14-13-21(25)16-9-11-19(24)12-10-16/h2-12,15,21H,13-14H2,1H3/t21-/m0/s1. The van der Waals surface area contributed by atoms with Crippen LogP contribution in [-0.2, 0) is 0 Å². The van der Waals surface area contributed by atoms with Crippen LogP contribution in [0.15, 0.2) is 72.8 Å². The molecule has 0 N–H and O–H groups in total. The van der Waals surface area contributed by atoms with E-state index in [0.29, 0.717) is 12.1 Å². The van der Waals surface area contributed by atoms with Gasteiger partial charge in [-0.2, -0.15) is 0 Å². The van der Waals surface area contributed by atoms with E-state index < -0.39 is 0 Å². The van der Waals surface area contributed by atoms with Gasteiger partial charge in [-0.05, 0) is 47.9 Å². The normalized spacial score (nSPS) is 15.9. The van der Waals surface area contributed by atoms with Gasteiger partial charge in [0.2, 0.25) is 0 Å². The lowest BCUT2D eigenvalue weighted by Gasteiger charge is -2.41. The van der Waals surface area contributed by atoms with Crippen molar-refractivity contribution in [2.75, 3.05) is 13.7 Å². The monoisotopic (exact) mass is 361 g/mol. The lowest BCUT2D eigenvalue weighted by atomic mass is 9.93. The highest BCUT2D eigenvalue weighted by atomic mass is 19.1. The fourth-order valence-corrected chi connectivity index (χ4v) is 3.53. The second-order valence-corrected chi connectivity index (χ2v) is 6.64. The first kappa shape index (κ1) is 17.3. The zero-order valence-corrected chi connectivity index (χ0v) is 15.1. The van der Waals surface area contributed by atoms with E-state index in [4.69, 9.17) is 4.74 Å². The maximum Gasteiger partial charge on any atom is 0.254 e. The van der Waals surface area contributed by atoms with Crippen LogP contribution < -0.4 is 4.74 Å². The number of amides is 1. The summed E-state index contributed by atoms with van der Waals surface area (Å²) in [6, 6.07) is 21.8. The predicted molar refractivity (Wildman–Crippen MR) is 103 cm³/mol. The Hall–Kier alpha value is -3.14. The summed E-state index contributed by atoms with van der Waals surface area (Å²) in [5, 5.41) is 0. The van der Waals surface area contributed by atoms with E-state index in [2.05, 4.69) is 0 Å². The van der Waals surface area contributed by atoms with Crippen molar-refractivity contribution in [3.8, 4) is 16.9 Å². The summed E-state index contributed by atoms with van der Waals surface area (Å²) in [6.45, 7) is 0.708. The molecular weight excluding hydrogens is 341 g/mol. The van der Waals surface area contributed by atoms with Crippen molar-refractivity contribution in [2.45, 2.75) is 12.5 Å². The van der Waals surface area contributed by atoms with Gasteiger partial charge in [0.25, 0.3) is 5.91 Å². The fourth-order valence-electron chi connectivity index (χ4n) is 3.53. The van der Waals surface area contributed by atoms with Crippen LogP contribution in [0.2, 0.25) is 0 Å². The maximum atomic E-state index is 13.2. The van der Waals surface area contributed by atoms with E-state index in [1.165, 1.54) is 12.1 Å². The molecular formula is C23H20FNO2. The average Bonchev–Trinajstić information content (AvgIpc) is 2.69. The molecule has 1 atom stereocenters. The molecule has 136 valence electrons. The molecule has 3 aromatic carbocycles. The highest BCUT2D eigenvalue weighted by molar-refractivity contribution is 5.96. The molecule has 1 aliphatic rings. The number of halogens is 1. The zero-order chi connectivity index (χ0) is 18.8. The molecule has 4 heteroatoms. The van der Waals surface area contributed by atoms with E-state index in [9.17, 15) is 9.18 Å². The van der Waals surface area contributed by atoms with Gasteiger partial charge in [0.15, 0.2) is 0 Å². The number of methoxy groups -OCH3 is 1. The molecule has 0 spiro atoms. The van der Waals surface area contributed by atoms with Crippen molar-refractivity contribution in [1.29, 1.82) is 0 Å². The van der Waals surface area contributed by atoms with Gasteiger partial charge in [-0.3, -0.25) is 4.79 Å². The van der Waals surface area contributed by atoms with E-state index >= 15 is 0 Å². The lowest BCUT2D eigenvalue weighted by Crippen LogP contribution is -2.45. The van der Waals surface area contributed by atoms with Crippen LogP contribution in [0.1, 0.15) is 28.4 Å². The van der Waals surface area contributed by atoms with E-state index in [0.717, 1.165) is 28.9 Å². The Morgan fingerprint density at radius 2 is 1.81 bits per heavy atom. The summed E-state index contributed by atoms with van der Waals surface area (Å²) < 4.78 is 18.6. The first-order valence-corrected chi connectivity index (χ1v) is 8.97. The number of benzene rings is 3. The van der Waals surface area contributed by atoms with Gasteiger partial charge in [-0.15, -0.1) is 0 Å². The van der Waals surface area contributed by atoms with E-state index in [-0.39, 0.29) is 17.8 Å². The topological polar surface area (TPSA) is 29.5 Å². The highest BCUT2D eigenvalue weighted by Crippen LogP contribution is 2.35. The number of nitrogens with zero attached hydrogens (tertiary/aromatic N) is 1. The molecule has 0 unspecified atom stereocenters. The molecule has 0 saturated carbocycles. The van der Waals surface area contributed by atoms with Gasteiger partial charge < -0.3 is 9.64 Å². The van der Waals surface area contributed by atoms with Gasteiger partial charge >= 0.3 is 0 Å². The van der Waals surface area contributed by atoms with Gasteiger partial charge in [0.1, 0.15) is 11.6 Å². The van der Waals surface area contributed by atoms with Crippen LogP contribution in [0.5, 0.6) is 5.75 Å². The summed E-state index contributed by atoms with van der Waals surface area (Å²) in [4.78, 5) is 14.9. The summed E-state index contributed by atoms with van der Waals surface area (Å²) in [5.74, 6) is 0.503. The Morgan fingerprint density at radius 3 is 2.52 bits per heavy atom. The number of likely N-dealkylation sites (tertiary alicyclic amines) is 1.